The van der Waals surface area contributed by atoms with Gasteiger partial charge in [-0.1, -0.05) is 65.0 Å². The number of alkyl carbamates (subject to hydrolysis) is 1. The van der Waals surface area contributed by atoms with Gasteiger partial charge in [0.15, 0.2) is 6.73 Å². The van der Waals surface area contributed by atoms with E-state index in [-0.39, 0.29) is 36.8 Å². The number of aryl methyl sites for hydroxylation is 2. The van der Waals surface area contributed by atoms with E-state index in [9.17, 15) is 24.3 Å². The van der Waals surface area contributed by atoms with E-state index in [0.717, 1.165) is 17.0 Å². The van der Waals surface area contributed by atoms with Crippen LogP contribution in [0.4, 0.5) is 4.79 Å². The first kappa shape index (κ1) is 39.6. The maximum Gasteiger partial charge on any atom is 0.409 e. The lowest BCUT2D eigenvalue weighted by Crippen LogP contribution is -2.54. The molecule has 2 rings (SSSR count). The number of nitrogens with one attached hydrogen (secondary N) is 4. The molecular formula is C34H54N6O6S. The van der Waals surface area contributed by atoms with Gasteiger partial charge in [0, 0.05) is 18.2 Å². The number of carbonyl (C=O) groups excluding carboxylic acids is 4. The van der Waals surface area contributed by atoms with E-state index in [1.807, 2.05) is 84.2 Å². The third-order valence-corrected chi connectivity index (χ3v) is 8.40. The van der Waals surface area contributed by atoms with E-state index < -0.39 is 42.1 Å². The van der Waals surface area contributed by atoms with Crippen molar-refractivity contribution in [2.75, 3.05) is 12.0 Å². The predicted molar refractivity (Wildman–Crippen MR) is 184 cm³/mol. The van der Waals surface area contributed by atoms with Crippen LogP contribution >= 0.6 is 11.8 Å². The zero-order valence-electron chi connectivity index (χ0n) is 29.0. The number of aliphatic hydroxyl groups excluding tert-OH is 1. The normalized spacial score (nSPS) is 14.5. The van der Waals surface area contributed by atoms with Gasteiger partial charge in [-0.25, -0.2) is 9.48 Å². The fourth-order valence-electron chi connectivity index (χ4n) is 5.08. The van der Waals surface area contributed by atoms with E-state index in [1.54, 1.807) is 11.6 Å². The van der Waals surface area contributed by atoms with Gasteiger partial charge in [-0.3, -0.25) is 14.4 Å². The minimum absolute atomic E-state index is 0.0630. The topological polar surface area (TPSA) is 164 Å². The lowest BCUT2D eigenvalue weighted by atomic mass is 9.91. The van der Waals surface area contributed by atoms with Crippen LogP contribution in [-0.2, 0) is 32.4 Å². The van der Waals surface area contributed by atoms with E-state index in [4.69, 9.17) is 4.74 Å². The van der Waals surface area contributed by atoms with Gasteiger partial charge >= 0.3 is 6.09 Å². The molecule has 47 heavy (non-hydrogen) atoms. The monoisotopic (exact) mass is 674 g/mol. The highest BCUT2D eigenvalue weighted by Crippen LogP contribution is 2.17. The van der Waals surface area contributed by atoms with Gasteiger partial charge in [-0.15, -0.1) is 0 Å². The first-order chi connectivity index (χ1) is 22.2. The lowest BCUT2D eigenvalue weighted by molar-refractivity contribution is -0.132. The first-order valence-corrected chi connectivity index (χ1v) is 17.6. The van der Waals surface area contributed by atoms with Crippen molar-refractivity contribution in [3.05, 3.63) is 53.3 Å². The molecule has 0 aliphatic rings. The van der Waals surface area contributed by atoms with Crippen molar-refractivity contribution >= 4 is 35.6 Å². The molecule has 262 valence electrons. The minimum Gasteiger partial charge on any atom is -0.426 e. The molecule has 1 aromatic carbocycles. The molecule has 0 spiro atoms. The number of nitrogens with zero attached hydrogens (tertiary/aromatic N) is 2. The molecule has 0 saturated carbocycles. The predicted octanol–water partition coefficient (Wildman–Crippen LogP) is 3.68. The van der Waals surface area contributed by atoms with Gasteiger partial charge in [0.1, 0.15) is 12.1 Å². The van der Waals surface area contributed by atoms with Crippen LogP contribution in [0.15, 0.2) is 36.4 Å². The minimum atomic E-state index is -1.05. The zero-order chi connectivity index (χ0) is 35.1. The summed E-state index contributed by atoms with van der Waals surface area (Å²) in [6.07, 6.45) is 0.977. The molecule has 5 atom stereocenters. The standard InChI is InChI=1S/C34H54N6O6S/c1-21(2)16-28(36-32(43)27(14-15-47-8)37-34(45)46-20-40-25(7)18-24(6)39-40)29(41)17-23(5)31(42)38-30(22(3)4)33(44)35-19-26-12-10-9-11-13-26/h9-13,18,21-23,27-30,41H,14-17,19-20H2,1-8H3,(H,35,44)(H,36,43)(H,37,45)(H,38,42). The summed E-state index contributed by atoms with van der Waals surface area (Å²) in [4.78, 5) is 52.3. The van der Waals surface area contributed by atoms with Crippen molar-refractivity contribution in [3.8, 4) is 0 Å². The molecule has 1 aromatic heterocycles. The molecular weight excluding hydrogens is 620 g/mol. The van der Waals surface area contributed by atoms with E-state index in [0.29, 0.717) is 25.1 Å². The molecule has 0 aliphatic heterocycles. The number of hydrogen-bond donors (Lipinski definition) is 5. The molecule has 4 amide bonds. The summed E-state index contributed by atoms with van der Waals surface area (Å²) in [5.41, 5.74) is 2.59. The lowest BCUT2D eigenvalue weighted by Gasteiger charge is -2.30. The second kappa shape index (κ2) is 19.9. The molecule has 1 heterocycles. The molecule has 0 radical (unpaired) electrons. The number of hydrogen-bond acceptors (Lipinski definition) is 8. The third kappa shape index (κ3) is 14.0. The molecule has 0 saturated heterocycles. The first-order valence-electron chi connectivity index (χ1n) is 16.2. The molecule has 12 nitrogen and oxygen atoms in total. The van der Waals surface area contributed by atoms with Crippen LogP contribution < -0.4 is 21.3 Å². The number of aromatic nitrogens is 2. The summed E-state index contributed by atoms with van der Waals surface area (Å²) < 4.78 is 6.88. The molecule has 0 fully saturated rings. The fourth-order valence-corrected chi connectivity index (χ4v) is 5.55. The van der Waals surface area contributed by atoms with Crippen molar-refractivity contribution < 1.29 is 29.0 Å². The Morgan fingerprint density at radius 3 is 2.19 bits per heavy atom. The molecule has 5 unspecified atom stereocenters. The van der Waals surface area contributed by atoms with Crippen molar-refractivity contribution in [1.82, 2.24) is 31.0 Å². The summed E-state index contributed by atoms with van der Waals surface area (Å²) in [6.45, 7) is 13.3. The van der Waals surface area contributed by atoms with Crippen molar-refractivity contribution in [1.29, 1.82) is 0 Å². The number of benzene rings is 1. The fraction of sp³-hybridized carbons (Fsp3) is 0.618. The number of rotatable bonds is 19. The zero-order valence-corrected chi connectivity index (χ0v) is 29.9. The van der Waals surface area contributed by atoms with Crippen molar-refractivity contribution in [2.45, 2.75) is 105 Å². The van der Waals surface area contributed by atoms with Gasteiger partial charge in [-0.05, 0) is 68.6 Å². The highest BCUT2D eigenvalue weighted by Gasteiger charge is 2.31. The highest BCUT2D eigenvalue weighted by molar-refractivity contribution is 7.98. The van der Waals surface area contributed by atoms with Crippen LogP contribution in [0.3, 0.4) is 0 Å². The Hall–Kier alpha value is -3.58. The van der Waals surface area contributed by atoms with Gasteiger partial charge in [0.25, 0.3) is 0 Å². The smallest absolute Gasteiger partial charge is 0.409 e. The van der Waals surface area contributed by atoms with E-state index >= 15 is 0 Å². The summed E-state index contributed by atoms with van der Waals surface area (Å²) in [7, 11) is 0. The van der Waals surface area contributed by atoms with Gasteiger partial charge in [-0.2, -0.15) is 16.9 Å². The SMILES string of the molecule is CSCCC(NC(=O)OCn1nc(C)cc1C)C(=O)NC(CC(C)C)C(O)CC(C)C(=O)NC(C(=O)NCc1ccccc1)C(C)C. The van der Waals surface area contributed by atoms with Crippen LogP contribution in [-0.4, -0.2) is 74.9 Å². The summed E-state index contributed by atoms with van der Waals surface area (Å²) in [5, 5.41) is 26.9. The van der Waals surface area contributed by atoms with E-state index in [1.165, 1.54) is 11.8 Å². The summed E-state index contributed by atoms with van der Waals surface area (Å²) in [5.74, 6) is -1.16. The average molecular weight is 675 g/mol. The van der Waals surface area contributed by atoms with Crippen molar-refractivity contribution in [2.24, 2.45) is 17.8 Å². The Balaban J connectivity index is 2.02. The Morgan fingerprint density at radius 1 is 0.936 bits per heavy atom. The van der Waals surface area contributed by atoms with Crippen LogP contribution in [0.25, 0.3) is 0 Å². The molecule has 5 N–H and O–H groups in total. The number of aliphatic hydroxyl groups is 1. The Kier molecular flexibility index (Phi) is 16.8. The second-order valence-corrected chi connectivity index (χ2v) is 13.8. The van der Waals surface area contributed by atoms with Crippen LogP contribution in [0.1, 0.15) is 70.8 Å². The van der Waals surface area contributed by atoms with Crippen molar-refractivity contribution in [3.63, 3.8) is 0 Å². The van der Waals surface area contributed by atoms with Gasteiger partial charge < -0.3 is 31.1 Å². The van der Waals surface area contributed by atoms with Crippen LogP contribution in [0.2, 0.25) is 0 Å². The van der Waals surface area contributed by atoms with E-state index in [2.05, 4.69) is 26.4 Å². The van der Waals surface area contributed by atoms with Gasteiger partial charge in [0.2, 0.25) is 17.7 Å². The Morgan fingerprint density at radius 2 is 1.62 bits per heavy atom. The summed E-state index contributed by atoms with van der Waals surface area (Å²) in [6, 6.07) is 9.08. The molecule has 0 bridgehead atoms. The largest absolute Gasteiger partial charge is 0.426 e. The second-order valence-electron chi connectivity index (χ2n) is 12.8. The number of ether oxygens (including phenoxy) is 1. The van der Waals surface area contributed by atoms with Crippen LogP contribution in [0.5, 0.6) is 0 Å². The molecule has 13 heteroatoms. The quantitative estimate of drug-likeness (QED) is 0.151. The number of amides is 4. The number of carbonyl (C=O) groups is 4. The van der Waals surface area contributed by atoms with Gasteiger partial charge in [0.05, 0.1) is 17.8 Å². The summed E-state index contributed by atoms with van der Waals surface area (Å²) >= 11 is 1.54. The van der Waals surface area contributed by atoms with Crippen LogP contribution in [0, 0.1) is 31.6 Å². The Labute approximate surface area is 283 Å². The maximum absolute atomic E-state index is 13.4. The third-order valence-electron chi connectivity index (χ3n) is 7.76. The highest BCUT2D eigenvalue weighted by atomic mass is 32.2. The average Bonchev–Trinajstić information content (AvgIpc) is 3.35. The number of thioether (sulfide) groups is 1. The Bertz CT molecular complexity index is 1290. The molecule has 2 aromatic rings. The maximum atomic E-state index is 13.4. The molecule has 0 aliphatic carbocycles.